The summed E-state index contributed by atoms with van der Waals surface area (Å²) in [6.07, 6.45) is 1.71. The molecule has 1 heterocycles. The molecule has 1 atom stereocenters. The van der Waals surface area contributed by atoms with Gasteiger partial charge in [-0.15, -0.1) is 0 Å². The molecular weight excluding hydrogens is 178 g/mol. The number of carbonyl (C=O) groups excluding carboxylic acids is 1. The van der Waals surface area contributed by atoms with E-state index < -0.39 is 0 Å². The van der Waals surface area contributed by atoms with Gasteiger partial charge in [0.2, 0.25) is 5.91 Å². The lowest BCUT2D eigenvalue weighted by molar-refractivity contribution is -0.130. The Morgan fingerprint density at radius 1 is 1.71 bits per heavy atom. The van der Waals surface area contributed by atoms with Crippen LogP contribution in [0.15, 0.2) is 12.7 Å². The molecule has 0 radical (unpaired) electrons. The van der Waals surface area contributed by atoms with Gasteiger partial charge in [-0.1, -0.05) is 6.58 Å². The average molecular weight is 193 g/mol. The van der Waals surface area contributed by atoms with Gasteiger partial charge < -0.3 is 9.80 Å². The van der Waals surface area contributed by atoms with Crippen LogP contribution < -0.4 is 0 Å². The van der Waals surface area contributed by atoms with Crippen molar-refractivity contribution in [3.8, 4) is 6.07 Å². The maximum absolute atomic E-state index is 11.4. The van der Waals surface area contributed by atoms with E-state index in [1.54, 1.807) is 4.90 Å². The van der Waals surface area contributed by atoms with Gasteiger partial charge in [-0.3, -0.25) is 4.79 Å². The summed E-state index contributed by atoms with van der Waals surface area (Å²) < 4.78 is 0. The number of amides is 1. The average Bonchev–Trinajstić information content (AvgIpc) is 2.17. The van der Waals surface area contributed by atoms with Gasteiger partial charge in [0.05, 0.1) is 18.5 Å². The van der Waals surface area contributed by atoms with Crippen molar-refractivity contribution in [2.45, 2.75) is 12.5 Å². The van der Waals surface area contributed by atoms with Crippen LogP contribution in [-0.2, 0) is 4.79 Å². The smallest absolute Gasteiger partial charge is 0.246 e. The van der Waals surface area contributed by atoms with Gasteiger partial charge in [-0.25, -0.2) is 0 Å². The zero-order valence-corrected chi connectivity index (χ0v) is 8.44. The van der Waals surface area contributed by atoms with Crippen LogP contribution in [0.4, 0.5) is 0 Å². The summed E-state index contributed by atoms with van der Waals surface area (Å²) in [5, 5.41) is 8.64. The molecule has 14 heavy (non-hydrogen) atoms. The second kappa shape index (κ2) is 4.77. The van der Waals surface area contributed by atoms with Gasteiger partial charge >= 0.3 is 0 Å². The topological polar surface area (TPSA) is 47.3 Å². The summed E-state index contributed by atoms with van der Waals surface area (Å²) in [5.41, 5.74) is 0. The fourth-order valence-corrected chi connectivity index (χ4v) is 1.70. The Hall–Kier alpha value is -1.34. The Kier molecular flexibility index (Phi) is 3.66. The van der Waals surface area contributed by atoms with Crippen molar-refractivity contribution in [1.82, 2.24) is 9.80 Å². The van der Waals surface area contributed by atoms with E-state index in [4.69, 9.17) is 5.26 Å². The highest BCUT2D eigenvalue weighted by Gasteiger charge is 2.27. The quantitative estimate of drug-likeness (QED) is 0.590. The molecule has 1 amide bonds. The highest BCUT2D eigenvalue weighted by Crippen LogP contribution is 2.11. The number of nitrogens with zero attached hydrogens (tertiary/aromatic N) is 3. The van der Waals surface area contributed by atoms with Crippen molar-refractivity contribution in [2.75, 3.05) is 26.7 Å². The number of carbonyl (C=O) groups is 1. The molecule has 0 spiro atoms. The van der Waals surface area contributed by atoms with E-state index in [1.807, 2.05) is 7.05 Å². The summed E-state index contributed by atoms with van der Waals surface area (Å²) in [4.78, 5) is 15.3. The molecule has 1 saturated heterocycles. The number of rotatable bonds is 2. The van der Waals surface area contributed by atoms with E-state index in [2.05, 4.69) is 17.5 Å². The third-order valence-electron chi connectivity index (χ3n) is 2.47. The summed E-state index contributed by atoms with van der Waals surface area (Å²) in [6, 6.07) is 2.13. The molecule has 0 unspecified atom stereocenters. The first kappa shape index (κ1) is 10.7. The Labute approximate surface area is 84.4 Å². The second-order valence-electron chi connectivity index (χ2n) is 3.51. The zero-order chi connectivity index (χ0) is 10.6. The van der Waals surface area contributed by atoms with Crippen LogP contribution in [-0.4, -0.2) is 48.4 Å². The minimum absolute atomic E-state index is 0.0178. The first-order valence-corrected chi connectivity index (χ1v) is 4.67. The van der Waals surface area contributed by atoms with Gasteiger partial charge in [0.1, 0.15) is 0 Å². The Bertz CT molecular complexity index is 269. The van der Waals surface area contributed by atoms with Gasteiger partial charge in [0, 0.05) is 19.6 Å². The van der Waals surface area contributed by atoms with E-state index >= 15 is 0 Å². The molecule has 0 aromatic carbocycles. The second-order valence-corrected chi connectivity index (χ2v) is 3.51. The molecule has 1 aliphatic rings. The van der Waals surface area contributed by atoms with Crippen molar-refractivity contribution in [2.24, 2.45) is 0 Å². The number of hydrogen-bond acceptors (Lipinski definition) is 3. The van der Waals surface area contributed by atoms with Gasteiger partial charge in [0.15, 0.2) is 0 Å². The van der Waals surface area contributed by atoms with Crippen LogP contribution in [0, 0.1) is 11.3 Å². The van der Waals surface area contributed by atoms with Crippen molar-refractivity contribution >= 4 is 5.91 Å². The number of hydrogen-bond donors (Lipinski definition) is 0. The Morgan fingerprint density at radius 2 is 2.43 bits per heavy atom. The van der Waals surface area contributed by atoms with Gasteiger partial charge in [0.25, 0.3) is 0 Å². The first-order chi connectivity index (χ1) is 6.69. The molecule has 0 aliphatic carbocycles. The van der Waals surface area contributed by atoms with Gasteiger partial charge in [-0.05, 0) is 13.1 Å². The van der Waals surface area contributed by atoms with E-state index in [0.717, 1.165) is 13.1 Å². The maximum atomic E-state index is 11.4. The van der Waals surface area contributed by atoms with E-state index in [1.165, 1.54) is 6.08 Å². The first-order valence-electron chi connectivity index (χ1n) is 4.67. The fraction of sp³-hybridized carbons (Fsp3) is 0.600. The molecule has 1 fully saturated rings. The van der Waals surface area contributed by atoms with E-state index in [9.17, 15) is 4.79 Å². The molecular formula is C10H15N3O. The Morgan fingerprint density at radius 3 is 3.00 bits per heavy atom. The zero-order valence-electron chi connectivity index (χ0n) is 8.44. The molecule has 1 rings (SSSR count). The highest BCUT2D eigenvalue weighted by molar-refractivity contribution is 5.87. The molecule has 0 aromatic rings. The molecule has 1 aliphatic heterocycles. The minimum atomic E-state index is -0.0710. The number of likely N-dealkylation sites (N-methyl/N-ethyl adjacent to an activating group) is 1. The lowest BCUT2D eigenvalue weighted by Crippen LogP contribution is -2.53. The lowest BCUT2D eigenvalue weighted by Gasteiger charge is -2.38. The number of nitriles is 1. The maximum Gasteiger partial charge on any atom is 0.246 e. The molecule has 4 heteroatoms. The molecule has 0 saturated carbocycles. The normalized spacial score (nSPS) is 22.9. The number of piperazine rings is 1. The molecule has 0 aromatic heterocycles. The fourth-order valence-electron chi connectivity index (χ4n) is 1.70. The monoisotopic (exact) mass is 193 g/mol. The van der Waals surface area contributed by atoms with E-state index in [0.29, 0.717) is 13.0 Å². The minimum Gasteiger partial charge on any atom is -0.333 e. The van der Waals surface area contributed by atoms with Crippen LogP contribution in [0.2, 0.25) is 0 Å². The van der Waals surface area contributed by atoms with Crippen LogP contribution in [0.3, 0.4) is 0 Å². The standard InChI is InChI=1S/C10H15N3O/c1-3-10(14)13-7-6-12(2)8-9(13)4-5-11/h3,9H,1,4,6-8H2,2H3/t9-/m1/s1. The predicted octanol–water partition coefficient (Wildman–Crippen LogP) is 0.229. The third-order valence-corrected chi connectivity index (χ3v) is 2.47. The molecule has 76 valence electrons. The molecule has 0 bridgehead atoms. The lowest BCUT2D eigenvalue weighted by atomic mass is 10.1. The highest BCUT2D eigenvalue weighted by atomic mass is 16.2. The SMILES string of the molecule is C=CC(=O)N1CCN(C)C[C@H]1CC#N. The van der Waals surface area contributed by atoms with Crippen LogP contribution in [0.1, 0.15) is 6.42 Å². The summed E-state index contributed by atoms with van der Waals surface area (Å²) in [6.45, 7) is 5.78. The Balaban J connectivity index is 2.67. The van der Waals surface area contributed by atoms with Crippen molar-refractivity contribution in [3.05, 3.63) is 12.7 Å². The summed E-state index contributed by atoms with van der Waals surface area (Å²) >= 11 is 0. The molecule has 4 nitrogen and oxygen atoms in total. The molecule has 0 N–H and O–H groups in total. The largest absolute Gasteiger partial charge is 0.333 e. The predicted molar refractivity (Wildman–Crippen MR) is 53.4 cm³/mol. The van der Waals surface area contributed by atoms with Crippen molar-refractivity contribution in [3.63, 3.8) is 0 Å². The van der Waals surface area contributed by atoms with Crippen molar-refractivity contribution in [1.29, 1.82) is 5.26 Å². The van der Waals surface area contributed by atoms with Gasteiger partial charge in [-0.2, -0.15) is 5.26 Å². The van der Waals surface area contributed by atoms with Crippen LogP contribution >= 0.6 is 0 Å². The summed E-state index contributed by atoms with van der Waals surface area (Å²) in [7, 11) is 2.00. The van der Waals surface area contributed by atoms with Crippen molar-refractivity contribution < 1.29 is 4.79 Å². The van der Waals surface area contributed by atoms with Crippen LogP contribution in [0.5, 0.6) is 0 Å². The third kappa shape index (κ3) is 2.33. The summed E-state index contributed by atoms with van der Waals surface area (Å²) in [5.74, 6) is -0.0710. The van der Waals surface area contributed by atoms with E-state index in [-0.39, 0.29) is 11.9 Å². The van der Waals surface area contributed by atoms with Crippen LogP contribution in [0.25, 0.3) is 0 Å².